The zero-order valence-corrected chi connectivity index (χ0v) is 14.9. The SMILES string of the molecule is Cc1nc(SCC(=O)NCC(C)(C)C(N)=O)c(C#N)c(C)c1C. The molecular formula is C16H22N4O2S. The van der Waals surface area contributed by atoms with Crippen molar-refractivity contribution in [2.24, 2.45) is 11.1 Å². The number of rotatable bonds is 6. The average molecular weight is 334 g/mol. The molecule has 0 spiro atoms. The molecule has 7 heteroatoms. The van der Waals surface area contributed by atoms with Crippen molar-refractivity contribution in [3.05, 3.63) is 22.4 Å². The fourth-order valence-electron chi connectivity index (χ4n) is 1.74. The number of carbonyl (C=O) groups is 2. The number of pyridine rings is 1. The molecule has 0 radical (unpaired) electrons. The van der Waals surface area contributed by atoms with Gasteiger partial charge in [-0.15, -0.1) is 0 Å². The number of thioether (sulfide) groups is 1. The molecule has 0 bridgehead atoms. The smallest absolute Gasteiger partial charge is 0.230 e. The normalized spacial score (nSPS) is 11.0. The molecular weight excluding hydrogens is 312 g/mol. The molecule has 0 unspecified atom stereocenters. The van der Waals surface area contributed by atoms with E-state index in [0.29, 0.717) is 10.6 Å². The second-order valence-corrected chi connectivity index (χ2v) is 7.02. The van der Waals surface area contributed by atoms with Gasteiger partial charge in [-0.05, 0) is 45.7 Å². The lowest BCUT2D eigenvalue weighted by Gasteiger charge is -2.20. The number of nitrogens with zero attached hydrogens (tertiary/aromatic N) is 2. The van der Waals surface area contributed by atoms with Gasteiger partial charge in [-0.1, -0.05) is 11.8 Å². The molecule has 6 nitrogen and oxygen atoms in total. The Labute approximate surface area is 140 Å². The van der Waals surface area contributed by atoms with Crippen molar-refractivity contribution in [2.45, 2.75) is 39.6 Å². The summed E-state index contributed by atoms with van der Waals surface area (Å²) >= 11 is 1.21. The van der Waals surface area contributed by atoms with Crippen LogP contribution in [0.5, 0.6) is 0 Å². The molecule has 3 N–H and O–H groups in total. The fraction of sp³-hybridized carbons (Fsp3) is 0.500. The minimum absolute atomic E-state index is 0.123. The highest BCUT2D eigenvalue weighted by atomic mass is 32.2. The molecule has 0 atom stereocenters. The molecule has 0 aliphatic carbocycles. The van der Waals surface area contributed by atoms with Gasteiger partial charge in [0, 0.05) is 12.2 Å². The van der Waals surface area contributed by atoms with Gasteiger partial charge in [-0.2, -0.15) is 5.26 Å². The van der Waals surface area contributed by atoms with Crippen LogP contribution in [-0.4, -0.2) is 29.1 Å². The Morgan fingerprint density at radius 3 is 2.43 bits per heavy atom. The van der Waals surface area contributed by atoms with Crippen LogP contribution in [0.3, 0.4) is 0 Å². The number of nitrogens with two attached hydrogens (primary N) is 1. The third kappa shape index (κ3) is 4.70. The van der Waals surface area contributed by atoms with E-state index in [9.17, 15) is 14.9 Å². The fourth-order valence-corrected chi connectivity index (χ4v) is 2.65. The summed E-state index contributed by atoms with van der Waals surface area (Å²) in [5.74, 6) is -0.576. The summed E-state index contributed by atoms with van der Waals surface area (Å²) in [6.07, 6.45) is 0. The highest BCUT2D eigenvalue weighted by Gasteiger charge is 2.25. The first-order valence-corrected chi connectivity index (χ1v) is 8.16. The van der Waals surface area contributed by atoms with Gasteiger partial charge in [0.25, 0.3) is 0 Å². The number of aromatic nitrogens is 1. The molecule has 23 heavy (non-hydrogen) atoms. The standard InChI is InChI=1S/C16H22N4O2S/c1-9-10(2)12(6-17)14(20-11(9)3)23-7-13(21)19-8-16(4,5)15(18)22/h7-8H2,1-5H3,(H2,18,22)(H,19,21). The lowest BCUT2D eigenvalue weighted by molar-refractivity contribution is -0.126. The van der Waals surface area contributed by atoms with Gasteiger partial charge >= 0.3 is 0 Å². The van der Waals surface area contributed by atoms with Gasteiger partial charge in [0.05, 0.1) is 16.7 Å². The summed E-state index contributed by atoms with van der Waals surface area (Å²) in [6.45, 7) is 9.19. The minimum Gasteiger partial charge on any atom is -0.369 e. The zero-order chi connectivity index (χ0) is 17.8. The van der Waals surface area contributed by atoms with Crippen LogP contribution in [0.15, 0.2) is 5.03 Å². The Bertz CT molecular complexity index is 678. The van der Waals surface area contributed by atoms with Gasteiger partial charge < -0.3 is 11.1 Å². The number of carbonyl (C=O) groups excluding carboxylic acids is 2. The number of nitrogens with one attached hydrogen (secondary N) is 1. The van der Waals surface area contributed by atoms with Gasteiger partial charge in [0.2, 0.25) is 11.8 Å². The van der Waals surface area contributed by atoms with Crippen LogP contribution in [0.25, 0.3) is 0 Å². The predicted octanol–water partition coefficient (Wildman–Crippen LogP) is 1.60. The van der Waals surface area contributed by atoms with Gasteiger partial charge in [-0.3, -0.25) is 9.59 Å². The zero-order valence-electron chi connectivity index (χ0n) is 14.1. The van der Waals surface area contributed by atoms with E-state index < -0.39 is 11.3 Å². The molecule has 0 saturated heterocycles. The van der Waals surface area contributed by atoms with Crippen LogP contribution in [0.2, 0.25) is 0 Å². The highest BCUT2D eigenvalue weighted by molar-refractivity contribution is 8.00. The Morgan fingerprint density at radius 2 is 1.91 bits per heavy atom. The first-order valence-electron chi connectivity index (χ1n) is 7.17. The maximum absolute atomic E-state index is 11.9. The lowest BCUT2D eigenvalue weighted by Crippen LogP contribution is -2.42. The van der Waals surface area contributed by atoms with E-state index in [1.165, 1.54) is 11.8 Å². The molecule has 2 amide bonds. The number of hydrogen-bond donors (Lipinski definition) is 2. The molecule has 0 aliphatic rings. The van der Waals surface area contributed by atoms with E-state index >= 15 is 0 Å². The van der Waals surface area contributed by atoms with Crippen molar-refractivity contribution in [1.82, 2.24) is 10.3 Å². The van der Waals surface area contributed by atoms with E-state index in [1.54, 1.807) is 13.8 Å². The summed E-state index contributed by atoms with van der Waals surface area (Å²) in [4.78, 5) is 27.6. The van der Waals surface area contributed by atoms with Crippen LogP contribution >= 0.6 is 11.8 Å². The first-order chi connectivity index (χ1) is 10.6. The third-order valence-electron chi connectivity index (χ3n) is 3.81. The average Bonchev–Trinajstić information content (AvgIpc) is 2.48. The van der Waals surface area contributed by atoms with E-state index in [1.807, 2.05) is 20.8 Å². The summed E-state index contributed by atoms with van der Waals surface area (Å²) in [5, 5.41) is 12.5. The van der Waals surface area contributed by atoms with Crippen LogP contribution < -0.4 is 11.1 Å². The third-order valence-corrected chi connectivity index (χ3v) is 4.79. The summed E-state index contributed by atoms with van der Waals surface area (Å²) in [5.41, 5.74) is 7.69. The Kier molecular flexibility index (Phi) is 6.16. The molecule has 0 saturated carbocycles. The van der Waals surface area contributed by atoms with Crippen molar-refractivity contribution in [2.75, 3.05) is 12.3 Å². The van der Waals surface area contributed by atoms with Crippen LogP contribution in [0.1, 0.15) is 36.2 Å². The predicted molar refractivity (Wildman–Crippen MR) is 89.9 cm³/mol. The monoisotopic (exact) mass is 334 g/mol. The second-order valence-electron chi connectivity index (χ2n) is 6.05. The van der Waals surface area contributed by atoms with Crippen molar-refractivity contribution in [3.63, 3.8) is 0 Å². The lowest BCUT2D eigenvalue weighted by atomic mass is 9.93. The van der Waals surface area contributed by atoms with Gasteiger partial charge in [0.15, 0.2) is 0 Å². The molecule has 1 heterocycles. The minimum atomic E-state index is -0.798. The molecule has 1 rings (SSSR count). The quantitative estimate of drug-likeness (QED) is 0.768. The Morgan fingerprint density at radius 1 is 1.30 bits per heavy atom. The Hall–Kier alpha value is -2.07. The molecule has 124 valence electrons. The maximum atomic E-state index is 11.9. The summed E-state index contributed by atoms with van der Waals surface area (Å²) in [7, 11) is 0. The Balaban J connectivity index is 2.75. The van der Waals surface area contributed by atoms with E-state index in [0.717, 1.165) is 16.8 Å². The van der Waals surface area contributed by atoms with Gasteiger partial charge in [-0.25, -0.2) is 4.98 Å². The molecule has 0 aromatic carbocycles. The van der Waals surface area contributed by atoms with Crippen LogP contribution in [0, 0.1) is 37.5 Å². The number of primary amides is 1. The molecule has 1 aromatic rings. The first kappa shape index (κ1) is 19.0. The summed E-state index contributed by atoms with van der Waals surface area (Å²) < 4.78 is 0. The van der Waals surface area contributed by atoms with Crippen LogP contribution in [0.4, 0.5) is 0 Å². The van der Waals surface area contributed by atoms with E-state index in [4.69, 9.17) is 5.73 Å². The van der Waals surface area contributed by atoms with Crippen LogP contribution in [-0.2, 0) is 9.59 Å². The topological polar surface area (TPSA) is 109 Å². The number of nitriles is 1. The van der Waals surface area contributed by atoms with Crippen molar-refractivity contribution >= 4 is 23.6 Å². The van der Waals surface area contributed by atoms with Crippen molar-refractivity contribution in [3.8, 4) is 6.07 Å². The largest absolute Gasteiger partial charge is 0.369 e. The van der Waals surface area contributed by atoms with Crippen molar-refractivity contribution in [1.29, 1.82) is 5.26 Å². The molecule has 0 aliphatic heterocycles. The number of aryl methyl sites for hydroxylation is 1. The van der Waals surface area contributed by atoms with E-state index in [-0.39, 0.29) is 18.2 Å². The second kappa shape index (κ2) is 7.47. The molecule has 1 aromatic heterocycles. The van der Waals surface area contributed by atoms with Gasteiger partial charge in [0.1, 0.15) is 11.1 Å². The summed E-state index contributed by atoms with van der Waals surface area (Å²) in [6, 6.07) is 2.15. The van der Waals surface area contributed by atoms with E-state index in [2.05, 4.69) is 16.4 Å². The number of amides is 2. The highest BCUT2D eigenvalue weighted by Crippen LogP contribution is 2.26. The number of hydrogen-bond acceptors (Lipinski definition) is 5. The maximum Gasteiger partial charge on any atom is 0.230 e. The van der Waals surface area contributed by atoms with Crippen molar-refractivity contribution < 1.29 is 9.59 Å². The molecule has 0 fully saturated rings.